The van der Waals surface area contributed by atoms with E-state index >= 15 is 0 Å². The van der Waals surface area contributed by atoms with E-state index in [1.807, 2.05) is 12.1 Å². The van der Waals surface area contributed by atoms with Crippen molar-refractivity contribution in [3.63, 3.8) is 0 Å². The Morgan fingerprint density at radius 2 is 1.86 bits per heavy atom. The van der Waals surface area contributed by atoms with Crippen LogP contribution in [0.5, 0.6) is 0 Å². The lowest BCUT2D eigenvalue weighted by Gasteiger charge is -2.31. The standard InChI is InChI=1S/C26H31N5O4S/c1-26(2,3)16-31-22-12-11-21(28-24(22)29(4)25(31)32)19-6-5-13-30(15-19)36(33,34)20-9-7-18(8-10-20)23-14-27-17-35-23/h7-12,14,17,19H,5-6,13,15-16H2,1-4H3. The van der Waals surface area contributed by atoms with E-state index in [4.69, 9.17) is 9.40 Å². The number of oxazole rings is 1. The van der Waals surface area contributed by atoms with Crippen LogP contribution in [0.1, 0.15) is 45.2 Å². The van der Waals surface area contributed by atoms with Gasteiger partial charge in [-0.05, 0) is 54.7 Å². The monoisotopic (exact) mass is 509 g/mol. The van der Waals surface area contributed by atoms with Crippen LogP contribution < -0.4 is 5.69 Å². The van der Waals surface area contributed by atoms with E-state index in [0.29, 0.717) is 31.0 Å². The van der Waals surface area contributed by atoms with E-state index in [9.17, 15) is 13.2 Å². The molecule has 0 radical (unpaired) electrons. The molecule has 1 aromatic carbocycles. The Bertz CT molecular complexity index is 1540. The fourth-order valence-corrected chi connectivity index (χ4v) is 6.37. The lowest BCUT2D eigenvalue weighted by atomic mass is 9.95. The molecule has 5 rings (SSSR count). The van der Waals surface area contributed by atoms with E-state index in [-0.39, 0.29) is 21.9 Å². The molecule has 0 aliphatic carbocycles. The van der Waals surface area contributed by atoms with Gasteiger partial charge in [0.05, 0.1) is 16.6 Å². The molecular weight excluding hydrogens is 478 g/mol. The number of benzene rings is 1. The van der Waals surface area contributed by atoms with Crippen LogP contribution in [-0.2, 0) is 23.6 Å². The first-order chi connectivity index (χ1) is 17.0. The van der Waals surface area contributed by atoms with Gasteiger partial charge in [0.15, 0.2) is 17.8 Å². The quantitative estimate of drug-likeness (QED) is 0.403. The Labute approximate surface area is 210 Å². The largest absolute Gasteiger partial charge is 0.444 e. The normalized spacial score (nSPS) is 17.6. The predicted octanol–water partition coefficient (Wildman–Crippen LogP) is 4.00. The summed E-state index contributed by atoms with van der Waals surface area (Å²) >= 11 is 0. The van der Waals surface area contributed by atoms with Crippen molar-refractivity contribution >= 4 is 21.2 Å². The van der Waals surface area contributed by atoms with Gasteiger partial charge in [0.1, 0.15) is 0 Å². The van der Waals surface area contributed by atoms with Crippen LogP contribution in [0, 0.1) is 5.41 Å². The molecule has 3 aromatic heterocycles. The maximum absolute atomic E-state index is 13.4. The van der Waals surface area contributed by atoms with Crippen molar-refractivity contribution in [1.29, 1.82) is 0 Å². The van der Waals surface area contributed by atoms with Crippen LogP contribution in [0.4, 0.5) is 0 Å². The van der Waals surface area contributed by atoms with Gasteiger partial charge < -0.3 is 4.42 Å². The van der Waals surface area contributed by atoms with Gasteiger partial charge in [-0.15, -0.1) is 0 Å². The summed E-state index contributed by atoms with van der Waals surface area (Å²) in [5.74, 6) is 0.539. The van der Waals surface area contributed by atoms with Crippen molar-refractivity contribution in [2.75, 3.05) is 13.1 Å². The minimum atomic E-state index is -3.66. The fraction of sp³-hybridized carbons (Fsp3) is 0.423. The van der Waals surface area contributed by atoms with Crippen LogP contribution >= 0.6 is 0 Å². The molecule has 1 unspecified atom stereocenters. The van der Waals surface area contributed by atoms with E-state index in [2.05, 4.69) is 25.8 Å². The highest BCUT2D eigenvalue weighted by atomic mass is 32.2. The molecule has 0 amide bonds. The molecule has 1 atom stereocenters. The molecule has 9 nitrogen and oxygen atoms in total. The highest BCUT2D eigenvalue weighted by Crippen LogP contribution is 2.31. The average molecular weight is 510 g/mol. The van der Waals surface area contributed by atoms with Gasteiger partial charge in [0.2, 0.25) is 10.0 Å². The van der Waals surface area contributed by atoms with Gasteiger partial charge in [-0.25, -0.2) is 23.2 Å². The zero-order valence-corrected chi connectivity index (χ0v) is 21.8. The summed E-state index contributed by atoms with van der Waals surface area (Å²) in [5, 5.41) is 0. The van der Waals surface area contributed by atoms with Crippen LogP contribution in [-0.4, -0.2) is 44.9 Å². The Hall–Kier alpha value is -3.24. The molecule has 1 aliphatic heterocycles. The number of pyridine rings is 1. The number of rotatable bonds is 5. The lowest BCUT2D eigenvalue weighted by Crippen LogP contribution is -2.39. The van der Waals surface area contributed by atoms with Gasteiger partial charge in [0.25, 0.3) is 0 Å². The van der Waals surface area contributed by atoms with Gasteiger partial charge in [0, 0.05) is 43.9 Å². The highest BCUT2D eigenvalue weighted by Gasteiger charge is 2.32. The Morgan fingerprint density at radius 3 is 2.53 bits per heavy atom. The second-order valence-corrected chi connectivity index (χ2v) is 12.6. The molecular formula is C26H31N5O4S. The summed E-state index contributed by atoms with van der Waals surface area (Å²) in [6, 6.07) is 10.6. The molecule has 1 aliphatic rings. The predicted molar refractivity (Wildman–Crippen MR) is 137 cm³/mol. The topological polar surface area (TPSA) is 103 Å². The minimum Gasteiger partial charge on any atom is -0.444 e. The number of fused-ring (bicyclic) bond motifs is 1. The number of aryl methyl sites for hydroxylation is 1. The fourth-order valence-electron chi connectivity index (χ4n) is 4.84. The maximum Gasteiger partial charge on any atom is 0.330 e. The zero-order chi connectivity index (χ0) is 25.7. The molecule has 4 aromatic rings. The van der Waals surface area contributed by atoms with Crippen molar-refractivity contribution in [3.05, 3.63) is 65.2 Å². The Balaban J connectivity index is 1.40. The van der Waals surface area contributed by atoms with E-state index < -0.39 is 10.0 Å². The van der Waals surface area contributed by atoms with Crippen molar-refractivity contribution in [2.24, 2.45) is 12.5 Å². The third-order valence-corrected chi connectivity index (χ3v) is 8.53. The number of aromatic nitrogens is 4. The summed E-state index contributed by atoms with van der Waals surface area (Å²) < 4.78 is 37.0. The molecule has 1 saturated heterocycles. The number of hydrogen-bond acceptors (Lipinski definition) is 6. The van der Waals surface area contributed by atoms with Crippen LogP contribution in [0.15, 0.2) is 63.1 Å². The smallest absolute Gasteiger partial charge is 0.330 e. The first-order valence-electron chi connectivity index (χ1n) is 12.1. The lowest BCUT2D eigenvalue weighted by molar-refractivity contribution is 0.313. The molecule has 0 saturated carbocycles. The Morgan fingerprint density at radius 1 is 1.11 bits per heavy atom. The van der Waals surface area contributed by atoms with E-state index in [1.165, 1.54) is 6.39 Å². The molecule has 0 spiro atoms. The summed E-state index contributed by atoms with van der Waals surface area (Å²) in [7, 11) is -1.93. The van der Waals surface area contributed by atoms with Gasteiger partial charge in [-0.1, -0.05) is 20.8 Å². The first-order valence-corrected chi connectivity index (χ1v) is 13.5. The third-order valence-electron chi connectivity index (χ3n) is 6.65. The minimum absolute atomic E-state index is 0.0486. The summed E-state index contributed by atoms with van der Waals surface area (Å²) in [4.78, 5) is 21.9. The molecule has 36 heavy (non-hydrogen) atoms. The molecule has 0 bridgehead atoms. The van der Waals surface area contributed by atoms with Crippen molar-refractivity contribution < 1.29 is 12.8 Å². The van der Waals surface area contributed by atoms with Crippen molar-refractivity contribution in [2.45, 2.75) is 51.0 Å². The number of imidazole rings is 1. The summed E-state index contributed by atoms with van der Waals surface area (Å²) in [6.45, 7) is 7.69. The first kappa shape index (κ1) is 24.5. The van der Waals surface area contributed by atoms with Gasteiger partial charge in [-0.2, -0.15) is 4.31 Å². The SMILES string of the molecule is Cn1c(=O)n(CC(C)(C)C)c2ccc(C3CCCN(S(=O)(=O)c4ccc(-c5cnco5)cc4)C3)nc21. The van der Waals surface area contributed by atoms with E-state index in [1.54, 1.807) is 50.9 Å². The number of piperidine rings is 1. The number of sulfonamides is 1. The summed E-state index contributed by atoms with van der Waals surface area (Å²) in [5.41, 5.74) is 2.86. The zero-order valence-electron chi connectivity index (χ0n) is 21.0. The average Bonchev–Trinajstić information content (AvgIpc) is 3.47. The van der Waals surface area contributed by atoms with Gasteiger partial charge in [-0.3, -0.25) is 9.13 Å². The Kier molecular flexibility index (Phi) is 6.12. The van der Waals surface area contributed by atoms with E-state index in [0.717, 1.165) is 29.6 Å². The molecule has 10 heteroatoms. The highest BCUT2D eigenvalue weighted by molar-refractivity contribution is 7.89. The van der Waals surface area contributed by atoms with Crippen LogP contribution in [0.3, 0.4) is 0 Å². The summed E-state index contributed by atoms with van der Waals surface area (Å²) in [6.07, 6.45) is 4.52. The number of hydrogen-bond donors (Lipinski definition) is 0. The second kappa shape index (κ2) is 9.01. The second-order valence-electron chi connectivity index (χ2n) is 10.7. The molecule has 0 N–H and O–H groups in total. The van der Waals surface area contributed by atoms with Crippen molar-refractivity contribution in [1.82, 2.24) is 23.4 Å². The maximum atomic E-state index is 13.4. The molecule has 190 valence electrons. The third kappa shape index (κ3) is 4.51. The van der Waals surface area contributed by atoms with Gasteiger partial charge >= 0.3 is 5.69 Å². The van der Waals surface area contributed by atoms with Crippen LogP contribution in [0.2, 0.25) is 0 Å². The molecule has 4 heterocycles. The number of nitrogens with zero attached hydrogens (tertiary/aromatic N) is 5. The van der Waals surface area contributed by atoms with Crippen molar-refractivity contribution in [3.8, 4) is 11.3 Å². The molecule has 1 fully saturated rings. The van der Waals surface area contributed by atoms with Crippen LogP contribution in [0.25, 0.3) is 22.5 Å².